The van der Waals surface area contributed by atoms with Gasteiger partial charge >= 0.3 is 0 Å². The highest BCUT2D eigenvalue weighted by atomic mass is 16.6. The zero-order valence-electron chi connectivity index (χ0n) is 19.3. The quantitative estimate of drug-likeness (QED) is 0.413. The number of nitro groups is 1. The highest BCUT2D eigenvalue weighted by molar-refractivity contribution is 5.85. The van der Waals surface area contributed by atoms with Gasteiger partial charge in [0.05, 0.1) is 4.92 Å². The number of benzene rings is 1. The van der Waals surface area contributed by atoms with Crippen molar-refractivity contribution in [2.75, 3.05) is 50.7 Å². The molecular formula is C25H30N6O3. The minimum absolute atomic E-state index is 0.0660. The number of pyridine rings is 1. The summed E-state index contributed by atoms with van der Waals surface area (Å²) in [5.74, 6) is 1.65. The summed E-state index contributed by atoms with van der Waals surface area (Å²) in [5, 5.41) is 11.8. The van der Waals surface area contributed by atoms with E-state index in [9.17, 15) is 14.9 Å². The number of anilines is 1. The second-order valence-corrected chi connectivity index (χ2v) is 9.27. The molecule has 2 aliphatic heterocycles. The maximum Gasteiger partial charge on any atom is 0.270 e. The van der Waals surface area contributed by atoms with Crippen LogP contribution in [-0.2, 0) is 11.3 Å². The molecule has 4 heterocycles. The molecule has 5 rings (SSSR count). The first-order valence-corrected chi connectivity index (χ1v) is 12.0. The molecule has 2 saturated heterocycles. The van der Waals surface area contributed by atoms with Crippen molar-refractivity contribution in [2.45, 2.75) is 19.4 Å². The Morgan fingerprint density at radius 1 is 1.09 bits per heavy atom. The number of likely N-dealkylation sites (tertiary alicyclic amines) is 1. The van der Waals surface area contributed by atoms with Crippen molar-refractivity contribution in [3.05, 3.63) is 65.0 Å². The lowest BCUT2D eigenvalue weighted by Gasteiger charge is -2.39. The van der Waals surface area contributed by atoms with E-state index in [0.717, 1.165) is 75.4 Å². The Morgan fingerprint density at radius 2 is 1.94 bits per heavy atom. The lowest BCUT2D eigenvalue weighted by atomic mass is 9.97. The zero-order chi connectivity index (χ0) is 23.5. The van der Waals surface area contributed by atoms with Gasteiger partial charge in [-0.2, -0.15) is 0 Å². The minimum Gasteiger partial charge on any atom is -0.354 e. The summed E-state index contributed by atoms with van der Waals surface area (Å²) < 4.78 is 1.89. The van der Waals surface area contributed by atoms with Crippen LogP contribution in [0.25, 0.3) is 10.9 Å². The van der Waals surface area contributed by atoms with Gasteiger partial charge in [0.15, 0.2) is 0 Å². The number of hydrogen-bond donors (Lipinski definition) is 0. The molecule has 0 radical (unpaired) electrons. The van der Waals surface area contributed by atoms with Gasteiger partial charge in [-0.1, -0.05) is 6.07 Å². The van der Waals surface area contributed by atoms with Crippen LogP contribution in [0.15, 0.2) is 54.9 Å². The molecule has 9 heteroatoms. The summed E-state index contributed by atoms with van der Waals surface area (Å²) in [6.07, 6.45) is 5.87. The number of rotatable bonds is 6. The normalized spacial score (nSPS) is 19.5. The minimum atomic E-state index is -0.395. The summed E-state index contributed by atoms with van der Waals surface area (Å²) in [7, 11) is 0. The fourth-order valence-electron chi connectivity index (χ4n) is 5.19. The molecule has 178 valence electrons. The molecule has 1 amide bonds. The summed E-state index contributed by atoms with van der Waals surface area (Å²) in [6, 6.07) is 12.6. The molecule has 0 saturated carbocycles. The monoisotopic (exact) mass is 462 g/mol. The van der Waals surface area contributed by atoms with Crippen LogP contribution in [0.1, 0.15) is 12.8 Å². The molecule has 0 aliphatic carbocycles. The van der Waals surface area contributed by atoms with E-state index in [1.807, 2.05) is 40.1 Å². The third-order valence-corrected chi connectivity index (χ3v) is 7.00. The SMILES string of the molecule is O=C(Cn1ccc2cc([N+](=O)[O-])ccc21)N1CCCC(CN2CCN(c3ccccn3)CC2)C1. The van der Waals surface area contributed by atoms with Gasteiger partial charge in [0.2, 0.25) is 5.91 Å². The number of hydrogen-bond acceptors (Lipinski definition) is 6. The maximum absolute atomic E-state index is 13.1. The zero-order valence-corrected chi connectivity index (χ0v) is 19.3. The highest BCUT2D eigenvalue weighted by Crippen LogP contribution is 2.23. The summed E-state index contributed by atoms with van der Waals surface area (Å²) in [4.78, 5) is 35.0. The number of aromatic nitrogens is 2. The van der Waals surface area contributed by atoms with Crippen molar-refractivity contribution in [3.63, 3.8) is 0 Å². The lowest BCUT2D eigenvalue weighted by molar-refractivity contribution is -0.384. The first-order chi connectivity index (χ1) is 16.6. The van der Waals surface area contributed by atoms with Crippen LogP contribution >= 0.6 is 0 Å². The molecule has 0 N–H and O–H groups in total. The molecule has 2 aliphatic rings. The van der Waals surface area contributed by atoms with Crippen molar-refractivity contribution in [2.24, 2.45) is 5.92 Å². The van der Waals surface area contributed by atoms with Gasteiger partial charge in [-0.25, -0.2) is 4.98 Å². The van der Waals surface area contributed by atoms with Crippen LogP contribution in [-0.4, -0.2) is 76.0 Å². The van der Waals surface area contributed by atoms with E-state index in [4.69, 9.17) is 0 Å². The predicted octanol–water partition coefficient (Wildman–Crippen LogP) is 3.01. The summed E-state index contributed by atoms with van der Waals surface area (Å²) in [6.45, 7) is 6.87. The Hall–Kier alpha value is -3.46. The standard InChI is InChI=1S/C25H30N6O3/c32-25(19-29-11-8-21-16-22(31(33)34)6-7-23(21)29)30-10-3-4-20(18-30)17-27-12-14-28(15-13-27)24-5-1-2-9-26-24/h1-2,5-9,11,16,20H,3-4,10,12-15,17-19H2. The third kappa shape index (κ3) is 4.89. The van der Waals surface area contributed by atoms with Gasteiger partial charge in [-0.15, -0.1) is 0 Å². The van der Waals surface area contributed by atoms with Crippen LogP contribution in [0.3, 0.4) is 0 Å². The molecular weight excluding hydrogens is 432 g/mol. The highest BCUT2D eigenvalue weighted by Gasteiger charge is 2.27. The van der Waals surface area contributed by atoms with E-state index in [2.05, 4.69) is 20.9 Å². The second kappa shape index (κ2) is 9.80. The fraction of sp³-hybridized carbons (Fsp3) is 0.440. The van der Waals surface area contributed by atoms with Gasteiger partial charge in [0, 0.05) is 81.2 Å². The van der Waals surface area contributed by atoms with Gasteiger partial charge < -0.3 is 14.4 Å². The molecule has 0 bridgehead atoms. The molecule has 1 atom stereocenters. The second-order valence-electron chi connectivity index (χ2n) is 9.27. The summed E-state index contributed by atoms with van der Waals surface area (Å²) in [5.41, 5.74) is 0.912. The Bertz CT molecular complexity index is 1160. The first kappa shape index (κ1) is 22.3. The van der Waals surface area contributed by atoms with E-state index in [1.165, 1.54) is 6.07 Å². The van der Waals surface area contributed by atoms with Gasteiger partial charge in [0.25, 0.3) is 5.69 Å². The van der Waals surface area contributed by atoms with Gasteiger partial charge in [-0.3, -0.25) is 19.8 Å². The number of carbonyl (C=O) groups is 1. The number of non-ortho nitro benzene ring substituents is 1. The average Bonchev–Trinajstić information content (AvgIpc) is 3.27. The summed E-state index contributed by atoms with van der Waals surface area (Å²) >= 11 is 0. The molecule has 2 aromatic heterocycles. The molecule has 2 fully saturated rings. The van der Waals surface area contributed by atoms with Crippen LogP contribution in [0.2, 0.25) is 0 Å². The average molecular weight is 463 g/mol. The molecule has 9 nitrogen and oxygen atoms in total. The van der Waals surface area contributed by atoms with E-state index >= 15 is 0 Å². The van der Waals surface area contributed by atoms with E-state index in [1.54, 1.807) is 12.1 Å². The lowest BCUT2D eigenvalue weighted by Crippen LogP contribution is -2.50. The van der Waals surface area contributed by atoms with Crippen LogP contribution in [0, 0.1) is 16.0 Å². The molecule has 3 aromatic rings. The van der Waals surface area contributed by atoms with Crippen LogP contribution in [0.5, 0.6) is 0 Å². The van der Waals surface area contributed by atoms with Gasteiger partial charge in [-0.05, 0) is 43.0 Å². The van der Waals surface area contributed by atoms with E-state index < -0.39 is 4.92 Å². The smallest absolute Gasteiger partial charge is 0.270 e. The largest absolute Gasteiger partial charge is 0.354 e. The number of piperazine rings is 1. The van der Waals surface area contributed by atoms with Crippen molar-refractivity contribution < 1.29 is 9.72 Å². The number of nitro benzene ring substituents is 1. The number of carbonyl (C=O) groups excluding carboxylic acids is 1. The predicted molar refractivity (Wildman–Crippen MR) is 131 cm³/mol. The number of amides is 1. The molecule has 1 aromatic carbocycles. The van der Waals surface area contributed by atoms with E-state index in [-0.39, 0.29) is 18.1 Å². The van der Waals surface area contributed by atoms with Gasteiger partial charge in [0.1, 0.15) is 12.4 Å². The Balaban J connectivity index is 1.14. The van der Waals surface area contributed by atoms with Crippen molar-refractivity contribution in [1.29, 1.82) is 0 Å². The molecule has 34 heavy (non-hydrogen) atoms. The molecule has 1 unspecified atom stereocenters. The van der Waals surface area contributed by atoms with Crippen LogP contribution < -0.4 is 4.90 Å². The fourth-order valence-corrected chi connectivity index (χ4v) is 5.19. The topological polar surface area (TPSA) is 87.7 Å². The first-order valence-electron chi connectivity index (χ1n) is 12.0. The number of nitrogens with zero attached hydrogens (tertiary/aromatic N) is 6. The number of fused-ring (bicyclic) bond motifs is 1. The maximum atomic E-state index is 13.1. The Morgan fingerprint density at radius 3 is 2.71 bits per heavy atom. The Labute approximate surface area is 198 Å². The van der Waals surface area contributed by atoms with Crippen molar-refractivity contribution in [1.82, 2.24) is 19.4 Å². The Kier molecular flexibility index (Phi) is 6.44. The third-order valence-electron chi connectivity index (χ3n) is 7.00. The van der Waals surface area contributed by atoms with Crippen molar-refractivity contribution in [3.8, 4) is 0 Å². The number of piperidine rings is 1. The molecule has 0 spiro atoms. The van der Waals surface area contributed by atoms with E-state index in [0.29, 0.717) is 5.92 Å². The van der Waals surface area contributed by atoms with Crippen molar-refractivity contribution >= 4 is 28.3 Å². The van der Waals surface area contributed by atoms with Crippen LogP contribution in [0.4, 0.5) is 11.5 Å².